The normalized spacial score (nSPS) is 10.8. The highest BCUT2D eigenvalue weighted by molar-refractivity contribution is 6.05. The van der Waals surface area contributed by atoms with Crippen LogP contribution in [0.1, 0.15) is 31.9 Å². The van der Waals surface area contributed by atoms with Crippen LogP contribution in [0.2, 0.25) is 0 Å². The van der Waals surface area contributed by atoms with Crippen molar-refractivity contribution >= 4 is 11.9 Å². The molecule has 0 aliphatic heterocycles. The van der Waals surface area contributed by atoms with Crippen molar-refractivity contribution in [1.82, 2.24) is 10.6 Å². The second-order valence-corrected chi connectivity index (χ2v) is 5.58. The number of hydrogen-bond acceptors (Lipinski definition) is 4. The molecule has 21 heavy (non-hydrogen) atoms. The van der Waals surface area contributed by atoms with Crippen LogP contribution in [-0.4, -0.2) is 24.1 Å². The van der Waals surface area contributed by atoms with Crippen LogP contribution in [-0.2, 0) is 11.3 Å². The number of rotatable bonds is 5. The molecule has 114 valence electrons. The first kappa shape index (κ1) is 16.9. The SMILES string of the molecule is C=CCNCc1ccccc1C(=N)NC(=O)OC(C)(C)C. The van der Waals surface area contributed by atoms with Crippen molar-refractivity contribution in [1.29, 1.82) is 5.41 Å². The molecule has 0 saturated heterocycles. The fraction of sp³-hybridized carbons (Fsp3) is 0.375. The van der Waals surface area contributed by atoms with Gasteiger partial charge in [-0.15, -0.1) is 6.58 Å². The number of ether oxygens (including phenoxy) is 1. The standard InChI is InChI=1S/C16H23N3O2/c1-5-10-18-11-12-8-6-7-9-13(12)14(17)19-15(20)21-16(2,3)4/h5-9,18H,1,10-11H2,2-4H3,(H2,17,19,20). The quantitative estimate of drug-likeness (QED) is 0.338. The predicted molar refractivity (Wildman–Crippen MR) is 84.5 cm³/mol. The van der Waals surface area contributed by atoms with Crippen LogP contribution in [0.15, 0.2) is 36.9 Å². The number of carbonyl (C=O) groups is 1. The van der Waals surface area contributed by atoms with Crippen molar-refractivity contribution in [2.45, 2.75) is 32.9 Å². The van der Waals surface area contributed by atoms with E-state index in [1.807, 2.05) is 18.2 Å². The minimum Gasteiger partial charge on any atom is -0.444 e. The summed E-state index contributed by atoms with van der Waals surface area (Å²) in [6.07, 6.45) is 1.15. The second kappa shape index (κ2) is 7.59. The van der Waals surface area contributed by atoms with E-state index >= 15 is 0 Å². The van der Waals surface area contributed by atoms with Gasteiger partial charge < -0.3 is 10.1 Å². The summed E-state index contributed by atoms with van der Waals surface area (Å²) in [5, 5.41) is 13.7. The van der Waals surface area contributed by atoms with Crippen molar-refractivity contribution in [3.63, 3.8) is 0 Å². The lowest BCUT2D eigenvalue weighted by molar-refractivity contribution is 0.0563. The fourth-order valence-electron chi connectivity index (χ4n) is 1.70. The minimum absolute atomic E-state index is 0.0280. The average Bonchev–Trinajstić information content (AvgIpc) is 2.37. The lowest BCUT2D eigenvalue weighted by atomic mass is 10.1. The van der Waals surface area contributed by atoms with E-state index in [0.717, 1.165) is 5.56 Å². The number of alkyl carbamates (subject to hydrolysis) is 1. The van der Waals surface area contributed by atoms with Gasteiger partial charge in [-0.25, -0.2) is 4.79 Å². The van der Waals surface area contributed by atoms with Crippen LogP contribution in [0.4, 0.5) is 4.79 Å². The monoisotopic (exact) mass is 289 g/mol. The van der Waals surface area contributed by atoms with Crippen molar-refractivity contribution in [2.75, 3.05) is 6.54 Å². The Balaban J connectivity index is 2.73. The van der Waals surface area contributed by atoms with Crippen LogP contribution >= 0.6 is 0 Å². The van der Waals surface area contributed by atoms with Gasteiger partial charge in [-0.3, -0.25) is 10.7 Å². The van der Waals surface area contributed by atoms with Gasteiger partial charge in [0.25, 0.3) is 0 Å². The lowest BCUT2D eigenvalue weighted by Crippen LogP contribution is -2.36. The van der Waals surface area contributed by atoms with Gasteiger partial charge in [0.05, 0.1) is 0 Å². The van der Waals surface area contributed by atoms with Gasteiger partial charge in [-0.2, -0.15) is 0 Å². The van der Waals surface area contributed by atoms with Gasteiger partial charge >= 0.3 is 6.09 Å². The Hall–Kier alpha value is -2.14. The van der Waals surface area contributed by atoms with Gasteiger partial charge in [0, 0.05) is 18.7 Å². The van der Waals surface area contributed by atoms with Crippen molar-refractivity contribution in [2.24, 2.45) is 0 Å². The number of hydrogen-bond donors (Lipinski definition) is 3. The van der Waals surface area contributed by atoms with Crippen molar-refractivity contribution < 1.29 is 9.53 Å². The largest absolute Gasteiger partial charge is 0.444 e. The molecule has 0 bridgehead atoms. The molecular weight excluding hydrogens is 266 g/mol. The van der Waals surface area contributed by atoms with Crippen LogP contribution < -0.4 is 10.6 Å². The van der Waals surface area contributed by atoms with Crippen LogP contribution in [0.5, 0.6) is 0 Å². The van der Waals surface area contributed by atoms with E-state index in [9.17, 15) is 4.79 Å². The topological polar surface area (TPSA) is 74.2 Å². The zero-order valence-corrected chi connectivity index (χ0v) is 12.8. The van der Waals surface area contributed by atoms with E-state index in [2.05, 4.69) is 17.2 Å². The molecule has 1 aromatic carbocycles. The van der Waals surface area contributed by atoms with Crippen molar-refractivity contribution in [3.05, 3.63) is 48.0 Å². The van der Waals surface area contributed by atoms with Gasteiger partial charge in [-0.05, 0) is 26.3 Å². The third-order valence-electron chi connectivity index (χ3n) is 2.52. The second-order valence-electron chi connectivity index (χ2n) is 5.58. The van der Waals surface area contributed by atoms with Gasteiger partial charge in [0.15, 0.2) is 0 Å². The number of nitrogens with one attached hydrogen (secondary N) is 3. The molecule has 0 atom stereocenters. The van der Waals surface area contributed by atoms with Crippen LogP contribution in [0, 0.1) is 5.41 Å². The molecule has 0 radical (unpaired) electrons. The Morgan fingerprint density at radius 2 is 2.05 bits per heavy atom. The van der Waals surface area contributed by atoms with Gasteiger partial charge in [0.1, 0.15) is 11.4 Å². The fourth-order valence-corrected chi connectivity index (χ4v) is 1.70. The first-order chi connectivity index (χ1) is 9.83. The summed E-state index contributed by atoms with van der Waals surface area (Å²) in [6.45, 7) is 10.3. The zero-order valence-electron chi connectivity index (χ0n) is 12.8. The molecule has 0 spiro atoms. The third kappa shape index (κ3) is 6.23. The Bertz CT molecular complexity index is 518. The van der Waals surface area contributed by atoms with Crippen molar-refractivity contribution in [3.8, 4) is 0 Å². The summed E-state index contributed by atoms with van der Waals surface area (Å²) < 4.78 is 5.15. The van der Waals surface area contributed by atoms with Gasteiger partial charge in [-0.1, -0.05) is 30.3 Å². The number of benzene rings is 1. The third-order valence-corrected chi connectivity index (χ3v) is 2.52. The highest BCUT2D eigenvalue weighted by Crippen LogP contribution is 2.10. The van der Waals surface area contributed by atoms with Crippen LogP contribution in [0.3, 0.4) is 0 Å². The summed E-state index contributed by atoms with van der Waals surface area (Å²) in [5.41, 5.74) is 1.01. The Kier molecular flexibility index (Phi) is 6.11. The molecule has 0 fully saturated rings. The molecule has 1 rings (SSSR count). The zero-order chi connectivity index (χ0) is 15.9. The molecule has 0 aliphatic rings. The Morgan fingerprint density at radius 1 is 1.38 bits per heavy atom. The molecule has 1 amide bonds. The molecule has 0 aromatic heterocycles. The Morgan fingerprint density at radius 3 is 2.67 bits per heavy atom. The minimum atomic E-state index is -0.624. The smallest absolute Gasteiger partial charge is 0.413 e. The van der Waals surface area contributed by atoms with E-state index in [0.29, 0.717) is 18.7 Å². The van der Waals surface area contributed by atoms with Crippen LogP contribution in [0.25, 0.3) is 0 Å². The summed E-state index contributed by atoms with van der Waals surface area (Å²) in [4.78, 5) is 11.7. The molecular formula is C16H23N3O2. The number of amidine groups is 1. The molecule has 0 aliphatic carbocycles. The van der Waals surface area contributed by atoms with Gasteiger partial charge in [0.2, 0.25) is 0 Å². The molecule has 0 saturated carbocycles. The lowest BCUT2D eigenvalue weighted by Gasteiger charge is -2.20. The maximum atomic E-state index is 11.7. The maximum Gasteiger partial charge on any atom is 0.413 e. The predicted octanol–water partition coefficient (Wildman–Crippen LogP) is 2.81. The molecule has 3 N–H and O–H groups in total. The highest BCUT2D eigenvalue weighted by Gasteiger charge is 2.18. The first-order valence-electron chi connectivity index (χ1n) is 6.82. The van der Waals surface area contributed by atoms with E-state index in [1.54, 1.807) is 32.9 Å². The first-order valence-corrected chi connectivity index (χ1v) is 6.82. The molecule has 5 nitrogen and oxygen atoms in total. The highest BCUT2D eigenvalue weighted by atomic mass is 16.6. The van der Waals surface area contributed by atoms with E-state index in [1.165, 1.54) is 0 Å². The molecule has 0 heterocycles. The van der Waals surface area contributed by atoms with E-state index in [-0.39, 0.29) is 5.84 Å². The average molecular weight is 289 g/mol. The number of carbonyl (C=O) groups excluding carboxylic acids is 1. The summed E-state index contributed by atoms with van der Waals surface area (Å²) in [6, 6.07) is 7.44. The summed E-state index contributed by atoms with van der Waals surface area (Å²) >= 11 is 0. The Labute approximate surface area is 125 Å². The molecule has 0 unspecified atom stereocenters. The maximum absolute atomic E-state index is 11.7. The van der Waals surface area contributed by atoms with E-state index in [4.69, 9.17) is 10.1 Å². The molecule has 1 aromatic rings. The summed E-state index contributed by atoms with van der Waals surface area (Å²) in [5.74, 6) is 0.0280. The number of amides is 1. The van der Waals surface area contributed by atoms with E-state index < -0.39 is 11.7 Å². The summed E-state index contributed by atoms with van der Waals surface area (Å²) in [7, 11) is 0. The molecule has 5 heteroatoms.